The monoisotopic (exact) mass is 487 g/mol. The Morgan fingerprint density at radius 1 is 1.23 bits per heavy atom. The largest absolute Gasteiger partial charge is 0.380 e. The Hall–Kier alpha value is -3.45. The Balaban J connectivity index is 1.65. The Morgan fingerprint density at radius 2 is 2.00 bits per heavy atom. The number of hydrogen-bond donors (Lipinski definition) is 1. The van der Waals surface area contributed by atoms with Gasteiger partial charge in [0.2, 0.25) is 5.91 Å². The second-order valence-electron chi connectivity index (χ2n) is 8.74. The van der Waals surface area contributed by atoms with E-state index in [-0.39, 0.29) is 5.91 Å². The van der Waals surface area contributed by atoms with Crippen molar-refractivity contribution < 1.29 is 4.79 Å². The molecule has 4 rings (SSSR count). The highest BCUT2D eigenvalue weighted by Gasteiger charge is 2.20. The molecule has 0 unspecified atom stereocenters. The lowest BCUT2D eigenvalue weighted by molar-refractivity contribution is -0.116. The predicted octanol–water partition coefficient (Wildman–Crippen LogP) is 6.28. The van der Waals surface area contributed by atoms with Crippen LogP contribution in [-0.2, 0) is 11.3 Å². The number of aromatic nitrogens is 3. The van der Waals surface area contributed by atoms with Gasteiger partial charge < -0.3 is 5.32 Å². The maximum Gasteiger partial charge on any atom is 0.225 e. The smallest absolute Gasteiger partial charge is 0.225 e. The van der Waals surface area contributed by atoms with E-state index >= 15 is 0 Å². The van der Waals surface area contributed by atoms with Gasteiger partial charge in [0.05, 0.1) is 24.1 Å². The minimum atomic E-state index is -0.0219. The number of benzene rings is 1. The summed E-state index contributed by atoms with van der Waals surface area (Å²) in [4.78, 5) is 18.8. The molecule has 0 aliphatic heterocycles. The van der Waals surface area contributed by atoms with Crippen LogP contribution in [0.3, 0.4) is 0 Å². The van der Waals surface area contributed by atoms with Crippen LogP contribution in [0.5, 0.6) is 0 Å². The summed E-state index contributed by atoms with van der Waals surface area (Å²) in [5.74, 6) is -0.0219. The van der Waals surface area contributed by atoms with E-state index in [1.165, 1.54) is 28.0 Å². The molecule has 0 bridgehead atoms. The van der Waals surface area contributed by atoms with Crippen LogP contribution in [-0.4, -0.2) is 27.7 Å². The van der Waals surface area contributed by atoms with Gasteiger partial charge in [-0.3, -0.25) is 9.69 Å². The SMILES string of the molecule is CC/C=C(/NCc1cnc(N(C)C(C)=O)s1)C1=CCC(CC)=Cc2c1cnn2-c1ccc(C)cc1. The zero-order chi connectivity index (χ0) is 24.9. The summed E-state index contributed by atoms with van der Waals surface area (Å²) >= 11 is 1.53. The van der Waals surface area contributed by atoms with E-state index in [9.17, 15) is 4.79 Å². The van der Waals surface area contributed by atoms with Crippen molar-refractivity contribution in [1.29, 1.82) is 0 Å². The van der Waals surface area contributed by atoms with Gasteiger partial charge in [0, 0.05) is 41.9 Å². The van der Waals surface area contributed by atoms with Crippen molar-refractivity contribution >= 4 is 34.0 Å². The number of allylic oxidation sites excluding steroid dienone is 4. The summed E-state index contributed by atoms with van der Waals surface area (Å²) in [6.45, 7) is 8.64. The third kappa shape index (κ3) is 5.46. The van der Waals surface area contributed by atoms with Crippen LogP contribution in [0.4, 0.5) is 5.13 Å². The molecule has 35 heavy (non-hydrogen) atoms. The normalized spacial score (nSPS) is 13.6. The Bertz CT molecular complexity index is 1290. The highest BCUT2D eigenvalue weighted by molar-refractivity contribution is 7.15. The molecule has 2 heterocycles. The van der Waals surface area contributed by atoms with Crippen LogP contribution in [0.25, 0.3) is 17.3 Å². The van der Waals surface area contributed by atoms with E-state index in [4.69, 9.17) is 5.10 Å². The Morgan fingerprint density at radius 3 is 2.69 bits per heavy atom. The number of nitrogens with zero attached hydrogens (tertiary/aromatic N) is 4. The summed E-state index contributed by atoms with van der Waals surface area (Å²) < 4.78 is 2.04. The highest BCUT2D eigenvalue weighted by atomic mass is 32.1. The first-order valence-corrected chi connectivity index (χ1v) is 12.9. The lowest BCUT2D eigenvalue weighted by Gasteiger charge is -2.15. The molecular weight excluding hydrogens is 454 g/mol. The molecule has 0 spiro atoms. The summed E-state index contributed by atoms with van der Waals surface area (Å²) in [5.41, 5.74) is 8.18. The molecule has 2 aromatic heterocycles. The number of amides is 1. The number of rotatable bonds is 8. The molecule has 0 saturated carbocycles. The van der Waals surface area contributed by atoms with Crippen molar-refractivity contribution in [2.45, 2.75) is 53.5 Å². The molecule has 1 aliphatic carbocycles. The summed E-state index contributed by atoms with van der Waals surface area (Å²) in [7, 11) is 1.75. The van der Waals surface area contributed by atoms with Crippen molar-refractivity contribution in [3.8, 4) is 5.69 Å². The van der Waals surface area contributed by atoms with Gasteiger partial charge in [-0.15, -0.1) is 0 Å². The van der Waals surface area contributed by atoms with Crippen molar-refractivity contribution in [2.75, 3.05) is 11.9 Å². The first kappa shape index (κ1) is 24.7. The maximum absolute atomic E-state index is 11.7. The molecule has 1 aromatic carbocycles. The lowest BCUT2D eigenvalue weighted by atomic mass is 10.0. The topological polar surface area (TPSA) is 63.1 Å². The fourth-order valence-corrected chi connectivity index (χ4v) is 4.88. The Labute approximate surface area is 211 Å². The van der Waals surface area contributed by atoms with Gasteiger partial charge >= 0.3 is 0 Å². The highest BCUT2D eigenvalue weighted by Crippen LogP contribution is 2.34. The fraction of sp³-hybridized carbons (Fsp3) is 0.321. The molecule has 1 amide bonds. The zero-order valence-corrected chi connectivity index (χ0v) is 21.9. The minimum Gasteiger partial charge on any atom is -0.380 e. The van der Waals surface area contributed by atoms with Gasteiger partial charge in [-0.05, 0) is 44.4 Å². The van der Waals surface area contributed by atoms with Crippen LogP contribution in [0.2, 0.25) is 0 Å². The van der Waals surface area contributed by atoms with E-state index in [0.29, 0.717) is 11.7 Å². The standard InChI is InChI=1S/C28H33N5OS/c1-6-8-26(29-16-23-17-30-28(35-23)32(5)20(4)34)24-14-11-21(7-2)15-27-25(24)18-31-33(27)22-12-9-19(3)10-13-22/h8-10,12-15,17-18,29H,6-7,11,16H2,1-5H3/b26-8+. The van der Waals surface area contributed by atoms with E-state index in [0.717, 1.165) is 46.8 Å². The molecule has 182 valence electrons. The van der Waals surface area contributed by atoms with Gasteiger partial charge in [-0.2, -0.15) is 5.10 Å². The molecule has 0 atom stereocenters. The van der Waals surface area contributed by atoms with Crippen LogP contribution in [0.15, 0.2) is 60.1 Å². The van der Waals surface area contributed by atoms with E-state index in [1.54, 1.807) is 18.9 Å². The predicted molar refractivity (Wildman–Crippen MR) is 146 cm³/mol. The maximum atomic E-state index is 11.7. The molecule has 1 N–H and O–H groups in total. The quantitative estimate of drug-likeness (QED) is 0.406. The minimum absolute atomic E-state index is 0.0219. The summed E-state index contributed by atoms with van der Waals surface area (Å²) in [6, 6.07) is 8.49. The van der Waals surface area contributed by atoms with Gasteiger partial charge in [-0.1, -0.05) is 60.6 Å². The fourth-order valence-electron chi connectivity index (χ4n) is 4.03. The van der Waals surface area contributed by atoms with Crippen LogP contribution in [0.1, 0.15) is 61.7 Å². The van der Waals surface area contributed by atoms with Crippen LogP contribution in [0, 0.1) is 6.92 Å². The number of fused-ring (bicyclic) bond motifs is 1. The molecule has 6 nitrogen and oxygen atoms in total. The summed E-state index contributed by atoms with van der Waals surface area (Å²) in [5, 5.41) is 9.15. The molecule has 0 saturated heterocycles. The van der Waals surface area contributed by atoms with Crippen molar-refractivity contribution in [3.63, 3.8) is 0 Å². The number of aryl methyl sites for hydroxylation is 1. The Kier molecular flexibility index (Phi) is 7.66. The number of nitrogens with one attached hydrogen (secondary N) is 1. The number of carbonyl (C=O) groups excluding carboxylic acids is 1. The van der Waals surface area contributed by atoms with E-state index in [1.807, 2.05) is 17.1 Å². The first-order valence-electron chi connectivity index (χ1n) is 12.1. The number of carbonyl (C=O) groups is 1. The van der Waals surface area contributed by atoms with Gasteiger partial charge in [-0.25, -0.2) is 9.67 Å². The average Bonchev–Trinajstić information content (AvgIpc) is 3.45. The zero-order valence-electron chi connectivity index (χ0n) is 21.1. The second-order valence-corrected chi connectivity index (χ2v) is 9.83. The van der Waals surface area contributed by atoms with Gasteiger partial charge in [0.15, 0.2) is 5.13 Å². The molecule has 0 fully saturated rings. The molecule has 1 aliphatic rings. The van der Waals surface area contributed by atoms with Crippen LogP contribution >= 0.6 is 11.3 Å². The third-order valence-corrected chi connectivity index (χ3v) is 7.26. The van der Waals surface area contributed by atoms with Crippen molar-refractivity contribution in [2.24, 2.45) is 0 Å². The molecule has 0 radical (unpaired) electrons. The summed E-state index contributed by atoms with van der Waals surface area (Å²) in [6.07, 6.45) is 13.5. The van der Waals surface area contributed by atoms with E-state index < -0.39 is 0 Å². The van der Waals surface area contributed by atoms with Crippen molar-refractivity contribution in [3.05, 3.63) is 81.8 Å². The van der Waals surface area contributed by atoms with E-state index in [2.05, 4.69) is 73.6 Å². The third-order valence-electron chi connectivity index (χ3n) is 6.19. The molecule has 7 heteroatoms. The molecular formula is C28H33N5OS. The lowest BCUT2D eigenvalue weighted by Crippen LogP contribution is -2.22. The van der Waals surface area contributed by atoms with Gasteiger partial charge in [0.1, 0.15) is 0 Å². The average molecular weight is 488 g/mol. The number of hydrogen-bond acceptors (Lipinski definition) is 5. The van der Waals surface area contributed by atoms with Crippen molar-refractivity contribution in [1.82, 2.24) is 20.1 Å². The number of anilines is 1. The number of thiazole rings is 1. The van der Waals surface area contributed by atoms with Gasteiger partial charge in [0.25, 0.3) is 0 Å². The van der Waals surface area contributed by atoms with Crippen LogP contribution < -0.4 is 10.2 Å². The first-order chi connectivity index (χ1) is 16.9. The second kappa shape index (κ2) is 10.9. The molecule has 3 aromatic rings.